The van der Waals surface area contributed by atoms with E-state index in [0.29, 0.717) is 18.2 Å². The molecule has 164 valence electrons. The number of likely N-dealkylation sites (tertiary alicyclic amines) is 1. The first-order valence-corrected chi connectivity index (χ1v) is 11.4. The summed E-state index contributed by atoms with van der Waals surface area (Å²) in [6.45, 7) is 3.46. The molecule has 1 amide bonds. The molecule has 1 saturated carbocycles. The molecule has 11 heteroatoms. The largest absolute Gasteiger partial charge is 0.456 e. The van der Waals surface area contributed by atoms with Crippen LogP contribution in [-0.2, 0) is 20.9 Å². The highest BCUT2D eigenvalue weighted by Gasteiger charge is 2.50. The zero-order valence-electron chi connectivity index (χ0n) is 17.7. The first-order valence-electron chi connectivity index (χ1n) is 10.5. The Morgan fingerprint density at radius 3 is 2.77 bits per heavy atom. The van der Waals surface area contributed by atoms with Gasteiger partial charge in [0.15, 0.2) is 0 Å². The molecular formula is C20H25N7O3S. The molecule has 31 heavy (non-hydrogen) atoms. The zero-order valence-corrected chi connectivity index (χ0v) is 18.5. The van der Waals surface area contributed by atoms with Gasteiger partial charge in [-0.3, -0.25) is 9.69 Å². The molecule has 10 nitrogen and oxygen atoms in total. The van der Waals surface area contributed by atoms with E-state index < -0.39 is 0 Å². The van der Waals surface area contributed by atoms with Gasteiger partial charge in [-0.2, -0.15) is 4.68 Å². The van der Waals surface area contributed by atoms with E-state index in [1.165, 1.54) is 0 Å². The summed E-state index contributed by atoms with van der Waals surface area (Å²) in [5, 5.41) is 11.9. The Hall–Kier alpha value is -2.66. The molecule has 2 fully saturated rings. The van der Waals surface area contributed by atoms with E-state index in [1.807, 2.05) is 11.1 Å². The van der Waals surface area contributed by atoms with Crippen molar-refractivity contribution in [1.82, 2.24) is 35.0 Å². The molecule has 5 rings (SSSR count). The normalized spacial score (nSPS) is 26.5. The van der Waals surface area contributed by atoms with Crippen molar-refractivity contribution in [3.63, 3.8) is 0 Å². The SMILES string of the molecule is CC1=C(N2CC[C@]3(CC[C@@H](N(C)Cc4cnc(-n5cnnn5)s4)CC3)C2=O)COC1=O. The van der Waals surface area contributed by atoms with Crippen molar-refractivity contribution in [2.75, 3.05) is 20.2 Å². The molecule has 2 aromatic rings. The molecule has 0 unspecified atom stereocenters. The number of rotatable bonds is 5. The second-order valence-corrected chi connectivity index (χ2v) is 9.74. The topological polar surface area (TPSA) is 106 Å². The maximum atomic E-state index is 13.3. The maximum Gasteiger partial charge on any atom is 0.336 e. The van der Waals surface area contributed by atoms with Crippen molar-refractivity contribution in [1.29, 1.82) is 0 Å². The van der Waals surface area contributed by atoms with Crippen LogP contribution in [0.4, 0.5) is 0 Å². The Morgan fingerprint density at radius 2 is 2.10 bits per heavy atom. The van der Waals surface area contributed by atoms with Crippen molar-refractivity contribution in [3.05, 3.63) is 28.7 Å². The number of nitrogens with zero attached hydrogens (tertiary/aromatic N) is 7. The van der Waals surface area contributed by atoms with Gasteiger partial charge in [0, 0.05) is 30.2 Å². The molecule has 1 spiro atoms. The molecule has 3 aliphatic rings. The Kier molecular flexibility index (Phi) is 5.09. The van der Waals surface area contributed by atoms with Crippen LogP contribution in [0.3, 0.4) is 0 Å². The van der Waals surface area contributed by atoms with Gasteiger partial charge < -0.3 is 9.64 Å². The second kappa shape index (κ2) is 7.79. The Bertz CT molecular complexity index is 1020. The van der Waals surface area contributed by atoms with Gasteiger partial charge in [-0.1, -0.05) is 11.3 Å². The van der Waals surface area contributed by atoms with Gasteiger partial charge in [0.05, 0.1) is 16.7 Å². The molecule has 0 bridgehead atoms. The predicted octanol–water partition coefficient (Wildman–Crippen LogP) is 1.54. The molecule has 1 saturated heterocycles. The van der Waals surface area contributed by atoms with Crippen molar-refractivity contribution in [2.45, 2.75) is 51.6 Å². The number of hydrogen-bond donors (Lipinski definition) is 0. The highest BCUT2D eigenvalue weighted by atomic mass is 32.1. The average molecular weight is 444 g/mol. The highest BCUT2D eigenvalue weighted by Crippen LogP contribution is 2.47. The smallest absolute Gasteiger partial charge is 0.336 e. The van der Waals surface area contributed by atoms with Gasteiger partial charge >= 0.3 is 5.97 Å². The minimum atomic E-state index is -0.305. The van der Waals surface area contributed by atoms with Crippen LogP contribution in [0.2, 0.25) is 0 Å². The number of carbonyl (C=O) groups is 2. The summed E-state index contributed by atoms with van der Waals surface area (Å²) in [5.41, 5.74) is 1.05. The number of thiazole rings is 1. The lowest BCUT2D eigenvalue weighted by atomic mass is 9.71. The summed E-state index contributed by atoms with van der Waals surface area (Å²) in [6, 6.07) is 0.434. The minimum absolute atomic E-state index is 0.176. The number of cyclic esters (lactones) is 1. The van der Waals surface area contributed by atoms with E-state index in [9.17, 15) is 9.59 Å². The molecule has 2 aromatic heterocycles. The molecule has 0 N–H and O–H groups in total. The van der Waals surface area contributed by atoms with E-state index in [0.717, 1.165) is 54.4 Å². The quantitative estimate of drug-likeness (QED) is 0.641. The van der Waals surface area contributed by atoms with Crippen LogP contribution in [-0.4, -0.2) is 73.1 Å². The van der Waals surface area contributed by atoms with Gasteiger partial charge in [-0.25, -0.2) is 9.78 Å². The molecule has 0 aromatic carbocycles. The fourth-order valence-corrected chi connectivity index (χ4v) is 5.88. The van der Waals surface area contributed by atoms with E-state index in [2.05, 4.69) is 32.5 Å². The van der Waals surface area contributed by atoms with E-state index in [4.69, 9.17) is 4.74 Å². The molecule has 0 atom stereocenters. The molecule has 0 radical (unpaired) electrons. The Balaban J connectivity index is 1.20. The first-order chi connectivity index (χ1) is 15.0. The monoisotopic (exact) mass is 443 g/mol. The number of tetrazole rings is 1. The van der Waals surface area contributed by atoms with E-state index >= 15 is 0 Å². The first kappa shape index (κ1) is 20.3. The van der Waals surface area contributed by atoms with Crippen LogP contribution in [0.1, 0.15) is 43.9 Å². The lowest BCUT2D eigenvalue weighted by Crippen LogP contribution is -2.42. The summed E-state index contributed by atoms with van der Waals surface area (Å²) in [5.74, 6) is -0.129. The fraction of sp³-hybridized carbons (Fsp3) is 0.600. The number of ether oxygens (including phenoxy) is 1. The van der Waals surface area contributed by atoms with Crippen molar-refractivity contribution < 1.29 is 14.3 Å². The van der Waals surface area contributed by atoms with Crippen molar-refractivity contribution >= 4 is 23.2 Å². The Labute approximate surface area is 183 Å². The van der Waals surface area contributed by atoms with Crippen LogP contribution in [0.25, 0.3) is 5.13 Å². The standard InChI is InChI=1S/C20H25N7O3S/c1-13-16(11-30-17(13)28)26-8-7-20(18(26)29)5-3-14(4-6-20)25(2)10-15-9-21-19(31-15)27-12-22-23-24-27/h9,12,14H,3-8,10-11H2,1-2H3/t14-,20-. The van der Waals surface area contributed by atoms with Gasteiger partial charge in [-0.05, 0) is 56.5 Å². The van der Waals surface area contributed by atoms with E-state index in [-0.39, 0.29) is 23.9 Å². The summed E-state index contributed by atoms with van der Waals surface area (Å²) in [7, 11) is 2.14. The summed E-state index contributed by atoms with van der Waals surface area (Å²) >= 11 is 1.58. The number of hydrogen-bond acceptors (Lipinski definition) is 9. The van der Waals surface area contributed by atoms with Crippen LogP contribution in [0, 0.1) is 5.41 Å². The third-order valence-electron chi connectivity index (χ3n) is 6.94. The Morgan fingerprint density at radius 1 is 1.29 bits per heavy atom. The van der Waals surface area contributed by atoms with Crippen LogP contribution >= 0.6 is 11.3 Å². The zero-order chi connectivity index (χ0) is 21.6. The summed E-state index contributed by atoms with van der Waals surface area (Å²) in [6.07, 6.45) is 8.03. The number of amides is 1. The molecule has 1 aliphatic carbocycles. The summed E-state index contributed by atoms with van der Waals surface area (Å²) in [4.78, 5) is 34.7. The van der Waals surface area contributed by atoms with Gasteiger partial charge in [-0.15, -0.1) is 5.10 Å². The second-order valence-electron chi connectivity index (χ2n) is 8.64. The maximum absolute atomic E-state index is 13.3. The predicted molar refractivity (Wildman–Crippen MR) is 111 cm³/mol. The number of carbonyl (C=O) groups excluding carboxylic acids is 2. The average Bonchev–Trinajstić information content (AvgIpc) is 3.55. The lowest BCUT2D eigenvalue weighted by Gasteiger charge is -2.39. The summed E-state index contributed by atoms with van der Waals surface area (Å²) < 4.78 is 6.68. The third-order valence-corrected chi connectivity index (χ3v) is 7.92. The van der Waals surface area contributed by atoms with E-state index in [1.54, 1.807) is 29.3 Å². The van der Waals surface area contributed by atoms with Gasteiger partial charge in [0.1, 0.15) is 12.9 Å². The fourth-order valence-electron chi connectivity index (χ4n) is 4.99. The van der Waals surface area contributed by atoms with Crippen molar-refractivity contribution in [3.8, 4) is 5.13 Å². The third kappa shape index (κ3) is 3.55. The minimum Gasteiger partial charge on any atom is -0.456 e. The van der Waals surface area contributed by atoms with Crippen LogP contribution in [0.5, 0.6) is 0 Å². The molecular weight excluding hydrogens is 418 g/mol. The molecule has 2 aliphatic heterocycles. The van der Waals surface area contributed by atoms with Crippen LogP contribution < -0.4 is 0 Å². The lowest BCUT2D eigenvalue weighted by molar-refractivity contribution is -0.138. The number of esters is 1. The van der Waals surface area contributed by atoms with Crippen molar-refractivity contribution in [2.24, 2.45) is 5.41 Å². The number of aromatic nitrogens is 5. The van der Waals surface area contributed by atoms with Gasteiger partial charge in [0.25, 0.3) is 0 Å². The highest BCUT2D eigenvalue weighted by molar-refractivity contribution is 7.14. The molecule has 4 heterocycles. The van der Waals surface area contributed by atoms with Gasteiger partial charge in [0.2, 0.25) is 11.0 Å². The van der Waals surface area contributed by atoms with Crippen LogP contribution in [0.15, 0.2) is 23.8 Å².